The number of hydrogen-bond donors (Lipinski definition) is 1. The number of alkyl halides is 3. The smallest absolute Gasteiger partial charge is 0.416 e. The number of pyridine rings is 1. The Kier molecular flexibility index (Phi) is 5.53. The van der Waals surface area contributed by atoms with Crippen LogP contribution in [0.2, 0.25) is 0 Å². The molecule has 0 bridgehead atoms. The lowest BCUT2D eigenvalue weighted by Crippen LogP contribution is -2.25. The molecule has 0 spiro atoms. The molecule has 0 unspecified atom stereocenters. The van der Waals surface area contributed by atoms with Gasteiger partial charge in [-0.25, -0.2) is 4.98 Å². The Morgan fingerprint density at radius 3 is 2.29 bits per heavy atom. The third kappa shape index (κ3) is 4.48. The minimum atomic E-state index is -4.52. The highest BCUT2D eigenvalue weighted by Crippen LogP contribution is 2.32. The summed E-state index contributed by atoms with van der Waals surface area (Å²) in [6.45, 7) is -0.308. The molecule has 0 aliphatic carbocycles. The Balaban J connectivity index is 1.66. The van der Waals surface area contributed by atoms with Gasteiger partial charge in [0.2, 0.25) is 5.89 Å². The third-order valence-corrected chi connectivity index (χ3v) is 4.57. The Morgan fingerprint density at radius 2 is 1.58 bits per heavy atom. The molecule has 156 valence electrons. The van der Waals surface area contributed by atoms with Crippen molar-refractivity contribution in [1.29, 1.82) is 0 Å². The van der Waals surface area contributed by atoms with Crippen molar-refractivity contribution >= 4 is 5.91 Å². The first-order valence-electron chi connectivity index (χ1n) is 9.33. The molecule has 0 radical (unpaired) electrons. The molecule has 31 heavy (non-hydrogen) atoms. The van der Waals surface area contributed by atoms with E-state index in [-0.39, 0.29) is 29.5 Å². The van der Waals surface area contributed by atoms with E-state index in [1.807, 2.05) is 6.07 Å². The van der Waals surface area contributed by atoms with Crippen LogP contribution in [0.1, 0.15) is 21.6 Å². The van der Waals surface area contributed by atoms with E-state index >= 15 is 0 Å². The molecule has 8 heteroatoms. The van der Waals surface area contributed by atoms with Gasteiger partial charge in [-0.2, -0.15) is 13.2 Å². The van der Waals surface area contributed by atoms with Gasteiger partial charge >= 0.3 is 6.18 Å². The zero-order valence-corrected chi connectivity index (χ0v) is 16.1. The normalized spacial score (nSPS) is 11.3. The maximum atomic E-state index is 13.2. The lowest BCUT2D eigenvalue weighted by atomic mass is 10.1. The number of carbonyl (C=O) groups is 1. The van der Waals surface area contributed by atoms with Crippen molar-refractivity contribution in [2.45, 2.75) is 12.7 Å². The molecule has 2 heterocycles. The molecule has 1 N–H and O–H groups in total. The van der Waals surface area contributed by atoms with Gasteiger partial charge in [-0.1, -0.05) is 36.4 Å². The molecule has 4 rings (SSSR count). The fourth-order valence-corrected chi connectivity index (χ4v) is 3.09. The van der Waals surface area contributed by atoms with E-state index < -0.39 is 17.6 Å². The summed E-state index contributed by atoms with van der Waals surface area (Å²) in [5, 5.41) is 2.53. The Morgan fingerprint density at radius 1 is 0.903 bits per heavy atom. The van der Waals surface area contributed by atoms with Gasteiger partial charge in [0.1, 0.15) is 0 Å². The quantitative estimate of drug-likeness (QED) is 0.470. The number of halogens is 3. The van der Waals surface area contributed by atoms with Crippen molar-refractivity contribution in [2.75, 3.05) is 0 Å². The molecular formula is C23H16F3N3O2. The van der Waals surface area contributed by atoms with Crippen molar-refractivity contribution in [3.63, 3.8) is 0 Å². The van der Waals surface area contributed by atoms with Gasteiger partial charge in [-0.05, 0) is 35.9 Å². The first-order valence-corrected chi connectivity index (χ1v) is 9.33. The number of aromatic nitrogens is 2. The summed E-state index contributed by atoms with van der Waals surface area (Å²) in [5.41, 5.74) is 0.384. The fraction of sp³-hybridized carbons (Fsp3) is 0.0870. The summed E-state index contributed by atoms with van der Waals surface area (Å²) in [4.78, 5) is 21.2. The van der Waals surface area contributed by atoms with Crippen LogP contribution in [0.25, 0.3) is 22.8 Å². The van der Waals surface area contributed by atoms with Crippen LogP contribution in [0.15, 0.2) is 83.5 Å². The predicted molar refractivity (Wildman–Crippen MR) is 108 cm³/mol. The van der Waals surface area contributed by atoms with E-state index in [1.54, 1.807) is 48.8 Å². The Bertz CT molecular complexity index is 1190. The standard InChI is InChI=1S/C23H16F3N3O2/c24-23(25,26)18-9-5-4-8-17(18)14-28-21(30)19-20(15-10-12-27-13-11-15)31-22(29-19)16-6-2-1-3-7-16/h1-13H,14H2,(H,28,30). The number of nitrogens with zero attached hydrogens (tertiary/aromatic N) is 2. The highest BCUT2D eigenvalue weighted by molar-refractivity contribution is 5.98. The summed E-state index contributed by atoms with van der Waals surface area (Å²) in [5.74, 6) is -0.203. The summed E-state index contributed by atoms with van der Waals surface area (Å²) >= 11 is 0. The molecular weight excluding hydrogens is 407 g/mol. The van der Waals surface area contributed by atoms with Gasteiger partial charge in [0.25, 0.3) is 5.91 Å². The number of nitrogens with one attached hydrogen (secondary N) is 1. The summed E-state index contributed by atoms with van der Waals surface area (Å²) in [6, 6.07) is 17.4. The van der Waals surface area contributed by atoms with Crippen LogP contribution in [-0.2, 0) is 12.7 Å². The zero-order chi connectivity index (χ0) is 21.8. The van der Waals surface area contributed by atoms with Crippen LogP contribution < -0.4 is 5.32 Å². The molecule has 0 aliphatic heterocycles. The second-order valence-corrected chi connectivity index (χ2v) is 6.64. The van der Waals surface area contributed by atoms with Crippen LogP contribution in [0, 0.1) is 0 Å². The molecule has 0 saturated heterocycles. The van der Waals surface area contributed by atoms with Gasteiger partial charge < -0.3 is 9.73 Å². The number of carbonyl (C=O) groups excluding carboxylic acids is 1. The van der Waals surface area contributed by atoms with Crippen LogP contribution in [0.4, 0.5) is 13.2 Å². The Labute approximate surface area is 175 Å². The van der Waals surface area contributed by atoms with E-state index in [9.17, 15) is 18.0 Å². The first-order chi connectivity index (χ1) is 14.9. The van der Waals surface area contributed by atoms with E-state index in [0.29, 0.717) is 11.1 Å². The van der Waals surface area contributed by atoms with Crippen molar-refractivity contribution in [2.24, 2.45) is 0 Å². The highest BCUT2D eigenvalue weighted by atomic mass is 19.4. The minimum Gasteiger partial charge on any atom is -0.435 e. The summed E-state index contributed by atoms with van der Waals surface area (Å²) < 4.78 is 45.5. The second-order valence-electron chi connectivity index (χ2n) is 6.64. The SMILES string of the molecule is O=C(NCc1ccccc1C(F)(F)F)c1nc(-c2ccccc2)oc1-c1ccncc1. The van der Waals surface area contributed by atoms with Gasteiger partial charge in [-0.15, -0.1) is 0 Å². The number of oxazole rings is 1. The van der Waals surface area contributed by atoms with Gasteiger partial charge in [0.05, 0.1) is 5.56 Å². The first kappa shape index (κ1) is 20.3. The average molecular weight is 423 g/mol. The van der Waals surface area contributed by atoms with Crippen LogP contribution in [-0.4, -0.2) is 15.9 Å². The van der Waals surface area contributed by atoms with Gasteiger partial charge in [0.15, 0.2) is 11.5 Å². The molecule has 0 saturated carbocycles. The van der Waals surface area contributed by atoms with Crippen LogP contribution in [0.5, 0.6) is 0 Å². The van der Waals surface area contributed by atoms with E-state index in [2.05, 4.69) is 15.3 Å². The largest absolute Gasteiger partial charge is 0.435 e. The number of benzene rings is 2. The maximum absolute atomic E-state index is 13.2. The molecule has 2 aromatic carbocycles. The predicted octanol–water partition coefficient (Wildman–Crippen LogP) is 5.35. The topological polar surface area (TPSA) is 68.0 Å². The molecule has 2 aromatic heterocycles. The number of amides is 1. The lowest BCUT2D eigenvalue weighted by molar-refractivity contribution is -0.138. The summed E-state index contributed by atoms with van der Waals surface area (Å²) in [6.07, 6.45) is -1.43. The summed E-state index contributed by atoms with van der Waals surface area (Å²) in [7, 11) is 0. The van der Waals surface area contributed by atoms with Crippen LogP contribution >= 0.6 is 0 Å². The minimum absolute atomic E-state index is 0.0189. The molecule has 1 amide bonds. The molecule has 5 nitrogen and oxygen atoms in total. The highest BCUT2D eigenvalue weighted by Gasteiger charge is 2.33. The fourth-order valence-electron chi connectivity index (χ4n) is 3.09. The lowest BCUT2D eigenvalue weighted by Gasteiger charge is -2.13. The Hall–Kier alpha value is -3.94. The molecule has 4 aromatic rings. The van der Waals surface area contributed by atoms with E-state index in [1.165, 1.54) is 18.2 Å². The monoisotopic (exact) mass is 423 g/mol. The van der Waals surface area contributed by atoms with E-state index in [4.69, 9.17) is 4.42 Å². The zero-order valence-electron chi connectivity index (χ0n) is 16.1. The molecule has 0 fully saturated rings. The third-order valence-electron chi connectivity index (χ3n) is 4.57. The van der Waals surface area contributed by atoms with Crippen molar-refractivity contribution in [3.8, 4) is 22.8 Å². The second kappa shape index (κ2) is 8.43. The van der Waals surface area contributed by atoms with Crippen molar-refractivity contribution in [1.82, 2.24) is 15.3 Å². The molecule has 0 atom stereocenters. The van der Waals surface area contributed by atoms with Crippen molar-refractivity contribution < 1.29 is 22.4 Å². The van der Waals surface area contributed by atoms with Gasteiger partial charge in [-0.3, -0.25) is 9.78 Å². The maximum Gasteiger partial charge on any atom is 0.416 e. The number of hydrogen-bond acceptors (Lipinski definition) is 4. The van der Waals surface area contributed by atoms with Gasteiger partial charge in [0, 0.05) is 30.1 Å². The number of rotatable bonds is 5. The average Bonchev–Trinajstić information content (AvgIpc) is 3.24. The van der Waals surface area contributed by atoms with Crippen molar-refractivity contribution in [3.05, 3.63) is 95.9 Å². The van der Waals surface area contributed by atoms with Crippen LogP contribution in [0.3, 0.4) is 0 Å². The molecule has 0 aliphatic rings. The van der Waals surface area contributed by atoms with E-state index in [0.717, 1.165) is 6.07 Å².